The average molecular weight is 481 g/mol. The summed E-state index contributed by atoms with van der Waals surface area (Å²) < 4.78 is 48.2. The van der Waals surface area contributed by atoms with Crippen LogP contribution in [0.5, 0.6) is 0 Å². The Hall–Kier alpha value is -3.95. The third-order valence-electron chi connectivity index (χ3n) is 6.26. The molecule has 10 heteroatoms. The summed E-state index contributed by atoms with van der Waals surface area (Å²) in [5.74, 6) is -2.63. The molecule has 1 amide bonds. The number of carbonyl (C=O) groups is 1. The first-order chi connectivity index (χ1) is 16.9. The molecule has 0 radical (unpaired) electrons. The third kappa shape index (κ3) is 4.55. The van der Waals surface area contributed by atoms with Crippen LogP contribution in [-0.2, 0) is 0 Å². The third-order valence-corrected chi connectivity index (χ3v) is 6.26. The number of hydrogen-bond acceptors (Lipinski definition) is 6. The van der Waals surface area contributed by atoms with Gasteiger partial charge in [-0.05, 0) is 43.0 Å². The quantitative estimate of drug-likeness (QED) is 0.429. The van der Waals surface area contributed by atoms with E-state index in [9.17, 15) is 13.6 Å². The number of hydrogen-bond donors (Lipinski definition) is 1. The molecule has 0 saturated carbocycles. The van der Waals surface area contributed by atoms with Gasteiger partial charge in [-0.2, -0.15) is 4.98 Å². The summed E-state index contributed by atoms with van der Waals surface area (Å²) in [6.07, 6.45) is 4.50. The van der Waals surface area contributed by atoms with Crippen molar-refractivity contribution in [1.29, 1.82) is 0 Å². The van der Waals surface area contributed by atoms with Crippen LogP contribution < -0.4 is 5.32 Å². The van der Waals surface area contributed by atoms with Crippen molar-refractivity contribution in [3.8, 4) is 11.4 Å². The van der Waals surface area contributed by atoms with Gasteiger partial charge in [-0.1, -0.05) is 6.92 Å². The van der Waals surface area contributed by atoms with Crippen molar-refractivity contribution in [3.05, 3.63) is 71.8 Å². The van der Waals surface area contributed by atoms with E-state index >= 15 is 4.39 Å². The number of likely N-dealkylation sites (tertiary alicyclic amines) is 1. The first kappa shape index (κ1) is 22.8. The van der Waals surface area contributed by atoms with Crippen molar-refractivity contribution < 1.29 is 22.4 Å². The Balaban J connectivity index is 1.44. The number of nitrogens with zero attached hydrogens (tertiary/aromatic N) is 4. The van der Waals surface area contributed by atoms with Gasteiger partial charge in [0.05, 0.1) is 11.6 Å². The fourth-order valence-corrected chi connectivity index (χ4v) is 4.53. The van der Waals surface area contributed by atoms with E-state index in [1.54, 1.807) is 11.0 Å². The Morgan fingerprint density at radius 1 is 1.14 bits per heavy atom. The maximum absolute atomic E-state index is 15.0. The summed E-state index contributed by atoms with van der Waals surface area (Å²) >= 11 is 0. The van der Waals surface area contributed by atoms with Gasteiger partial charge < -0.3 is 14.6 Å². The monoisotopic (exact) mass is 481 g/mol. The van der Waals surface area contributed by atoms with Gasteiger partial charge in [0.1, 0.15) is 23.0 Å². The van der Waals surface area contributed by atoms with Crippen LogP contribution in [0.15, 0.2) is 53.2 Å². The van der Waals surface area contributed by atoms with Gasteiger partial charge >= 0.3 is 0 Å². The number of amides is 1. The van der Waals surface area contributed by atoms with Gasteiger partial charge in [0.25, 0.3) is 11.9 Å². The van der Waals surface area contributed by atoms with E-state index < -0.39 is 23.4 Å². The summed E-state index contributed by atoms with van der Waals surface area (Å²) in [6.45, 7) is 2.69. The first-order valence-electron chi connectivity index (χ1n) is 11.3. The van der Waals surface area contributed by atoms with Crippen molar-refractivity contribution >= 4 is 23.0 Å². The molecule has 5 rings (SSSR count). The molecule has 1 saturated heterocycles. The van der Waals surface area contributed by atoms with Crippen molar-refractivity contribution in [1.82, 2.24) is 19.9 Å². The zero-order chi connectivity index (χ0) is 24.5. The highest BCUT2D eigenvalue weighted by molar-refractivity contribution is 6.00. The molecule has 4 aromatic rings. The van der Waals surface area contributed by atoms with Crippen LogP contribution in [0.1, 0.15) is 30.1 Å². The maximum atomic E-state index is 15.0. The van der Waals surface area contributed by atoms with Crippen LogP contribution in [0.3, 0.4) is 0 Å². The molecule has 1 aliphatic heterocycles. The van der Waals surface area contributed by atoms with E-state index in [0.29, 0.717) is 23.7 Å². The Morgan fingerprint density at radius 3 is 2.74 bits per heavy atom. The number of anilines is 1. The molecule has 0 unspecified atom stereocenters. The zero-order valence-electron chi connectivity index (χ0n) is 18.8. The normalized spacial score (nSPS) is 18.1. The molecule has 3 heterocycles. The summed E-state index contributed by atoms with van der Waals surface area (Å²) in [5, 5.41) is 3.09. The number of carbonyl (C=O) groups excluding carboxylic acids is 1. The lowest BCUT2D eigenvalue weighted by molar-refractivity contribution is 0.0535. The molecule has 2 aromatic heterocycles. The zero-order valence-corrected chi connectivity index (χ0v) is 18.8. The molecular weight excluding hydrogens is 459 g/mol. The summed E-state index contributed by atoms with van der Waals surface area (Å²) in [6, 6.07) is 7.27. The number of fused-ring (bicyclic) bond motifs is 1. The topological polar surface area (TPSA) is 84.2 Å². The van der Waals surface area contributed by atoms with Crippen LogP contribution in [0.2, 0.25) is 0 Å². The number of piperidine rings is 1. The number of oxazole rings is 1. The molecule has 1 N–H and O–H groups in total. The van der Waals surface area contributed by atoms with E-state index in [4.69, 9.17) is 4.42 Å². The highest BCUT2D eigenvalue weighted by Crippen LogP contribution is 2.31. The standard InChI is InChI=1S/C25H22F3N5O2/c1-14-4-2-9-33(20(14)13-31-25-32-19-12-15(26)5-6-21(19)35-25)24(34)22-17(10-16(27)11-18(22)28)23-29-7-3-8-30-23/h3,5-8,10-12,14,20H,2,4,9,13H2,1H3,(H,31,32)/t14-,20-/m1/s1. The Labute approximate surface area is 199 Å². The minimum Gasteiger partial charge on any atom is -0.424 e. The number of aromatic nitrogens is 3. The van der Waals surface area contributed by atoms with Crippen LogP contribution in [0.25, 0.3) is 22.5 Å². The molecular formula is C25H22F3N5O2. The predicted molar refractivity (Wildman–Crippen MR) is 123 cm³/mol. The molecule has 2 atom stereocenters. The first-order valence-corrected chi connectivity index (χ1v) is 11.3. The second-order valence-corrected chi connectivity index (χ2v) is 8.58. The fourth-order valence-electron chi connectivity index (χ4n) is 4.53. The Morgan fingerprint density at radius 2 is 1.94 bits per heavy atom. The van der Waals surface area contributed by atoms with Gasteiger partial charge in [-0.15, -0.1) is 0 Å². The molecule has 0 spiro atoms. The van der Waals surface area contributed by atoms with E-state index in [-0.39, 0.29) is 41.5 Å². The van der Waals surface area contributed by atoms with E-state index in [0.717, 1.165) is 18.9 Å². The maximum Gasteiger partial charge on any atom is 0.295 e. The van der Waals surface area contributed by atoms with Gasteiger partial charge in [0.2, 0.25) is 0 Å². The molecule has 1 aliphatic rings. The lowest BCUT2D eigenvalue weighted by Gasteiger charge is -2.40. The lowest BCUT2D eigenvalue weighted by Crippen LogP contribution is -2.51. The van der Waals surface area contributed by atoms with Crippen molar-refractivity contribution in [2.75, 3.05) is 18.4 Å². The number of benzene rings is 2. The summed E-state index contributed by atoms with van der Waals surface area (Å²) in [5.41, 5.74) is 0.533. The SMILES string of the molecule is C[C@@H]1CCCN(C(=O)c2c(F)cc(F)cc2-c2ncccn2)[C@@H]1CNc1nc2cc(F)ccc2o1. The van der Waals surface area contributed by atoms with Crippen molar-refractivity contribution in [3.63, 3.8) is 0 Å². The second kappa shape index (κ2) is 9.36. The molecule has 2 aromatic carbocycles. The average Bonchev–Trinajstić information content (AvgIpc) is 3.25. The minimum atomic E-state index is -0.969. The van der Waals surface area contributed by atoms with Crippen molar-refractivity contribution in [2.45, 2.75) is 25.8 Å². The lowest BCUT2D eigenvalue weighted by atomic mass is 9.89. The number of rotatable bonds is 5. The van der Waals surface area contributed by atoms with E-state index in [1.165, 1.54) is 30.6 Å². The van der Waals surface area contributed by atoms with E-state index in [1.807, 2.05) is 6.92 Å². The second-order valence-electron chi connectivity index (χ2n) is 8.58. The number of nitrogens with one attached hydrogen (secondary N) is 1. The highest BCUT2D eigenvalue weighted by Gasteiger charge is 2.35. The van der Waals surface area contributed by atoms with Crippen LogP contribution >= 0.6 is 0 Å². The highest BCUT2D eigenvalue weighted by atomic mass is 19.1. The van der Waals surface area contributed by atoms with Crippen LogP contribution in [0, 0.1) is 23.4 Å². The molecule has 35 heavy (non-hydrogen) atoms. The largest absolute Gasteiger partial charge is 0.424 e. The van der Waals surface area contributed by atoms with Gasteiger partial charge in [-0.25, -0.2) is 23.1 Å². The Bertz CT molecular complexity index is 1380. The molecule has 0 bridgehead atoms. The molecule has 7 nitrogen and oxygen atoms in total. The minimum absolute atomic E-state index is 0.000914. The van der Waals surface area contributed by atoms with Crippen molar-refractivity contribution in [2.24, 2.45) is 5.92 Å². The fraction of sp³-hybridized carbons (Fsp3) is 0.280. The van der Waals surface area contributed by atoms with Gasteiger partial charge in [0.15, 0.2) is 11.4 Å². The molecule has 1 fully saturated rings. The Kier molecular flexibility index (Phi) is 6.10. The smallest absolute Gasteiger partial charge is 0.295 e. The van der Waals surface area contributed by atoms with Gasteiger partial charge in [-0.3, -0.25) is 4.79 Å². The van der Waals surface area contributed by atoms with Crippen LogP contribution in [0.4, 0.5) is 19.2 Å². The molecule has 0 aliphatic carbocycles. The van der Waals surface area contributed by atoms with Gasteiger partial charge in [0, 0.05) is 43.2 Å². The number of halogens is 3. The predicted octanol–water partition coefficient (Wildman–Crippen LogP) is 5.05. The summed E-state index contributed by atoms with van der Waals surface area (Å²) in [4.78, 5) is 27.7. The molecule has 180 valence electrons. The van der Waals surface area contributed by atoms with E-state index in [2.05, 4.69) is 20.3 Å². The van der Waals surface area contributed by atoms with Crippen LogP contribution in [-0.4, -0.2) is 44.9 Å². The summed E-state index contributed by atoms with van der Waals surface area (Å²) in [7, 11) is 0.